The van der Waals surface area contributed by atoms with Crippen molar-refractivity contribution < 1.29 is 14.0 Å². The van der Waals surface area contributed by atoms with Crippen molar-refractivity contribution in [2.45, 2.75) is 31.7 Å². The number of anilines is 1. The maximum Gasteiger partial charge on any atom is 0.257 e. The van der Waals surface area contributed by atoms with Gasteiger partial charge in [-0.05, 0) is 55.7 Å². The minimum Gasteiger partial charge on any atom is -0.431 e. The molecule has 33 heavy (non-hydrogen) atoms. The number of aryl methyl sites for hydroxylation is 3. The topological polar surface area (TPSA) is 84.2 Å². The highest BCUT2D eigenvalue weighted by Crippen LogP contribution is 2.27. The first kappa shape index (κ1) is 22.6. The van der Waals surface area contributed by atoms with Crippen molar-refractivity contribution in [1.82, 2.24) is 10.3 Å². The van der Waals surface area contributed by atoms with Gasteiger partial charge in [-0.25, -0.2) is 4.98 Å². The van der Waals surface area contributed by atoms with Gasteiger partial charge in [0.15, 0.2) is 5.58 Å². The Hall–Kier alpha value is -3.58. The van der Waals surface area contributed by atoms with Crippen molar-refractivity contribution >= 4 is 40.4 Å². The standard InChI is InChI=1S/C26H25N3O3S/c1-16-12-17(2)24(18(3)13-16)29-23(30)14-27-25(31)20-9-5-4-8-19(20)15-33-26-28-21-10-6-7-11-22(21)32-26/h4-13H,14-15H2,1-3H3,(H,27,31)(H,29,30). The van der Waals surface area contributed by atoms with E-state index < -0.39 is 0 Å². The van der Waals surface area contributed by atoms with Gasteiger partial charge in [-0.1, -0.05) is 59.8 Å². The fourth-order valence-electron chi connectivity index (χ4n) is 3.74. The van der Waals surface area contributed by atoms with E-state index in [1.165, 1.54) is 11.8 Å². The molecular weight excluding hydrogens is 434 g/mol. The quantitative estimate of drug-likeness (QED) is 0.361. The second kappa shape index (κ2) is 9.92. The van der Waals surface area contributed by atoms with Crippen LogP contribution in [0.5, 0.6) is 0 Å². The summed E-state index contributed by atoms with van der Waals surface area (Å²) in [7, 11) is 0. The van der Waals surface area contributed by atoms with E-state index in [9.17, 15) is 9.59 Å². The van der Waals surface area contributed by atoms with Crippen LogP contribution in [-0.2, 0) is 10.5 Å². The van der Waals surface area contributed by atoms with Crippen LogP contribution in [0.4, 0.5) is 5.69 Å². The summed E-state index contributed by atoms with van der Waals surface area (Å²) in [5, 5.41) is 6.19. The van der Waals surface area contributed by atoms with Gasteiger partial charge >= 0.3 is 0 Å². The number of para-hydroxylation sites is 2. The van der Waals surface area contributed by atoms with Crippen molar-refractivity contribution in [1.29, 1.82) is 0 Å². The van der Waals surface area contributed by atoms with Crippen molar-refractivity contribution in [3.05, 3.63) is 88.5 Å². The minimum absolute atomic E-state index is 0.113. The zero-order chi connectivity index (χ0) is 23.4. The molecule has 6 nitrogen and oxygen atoms in total. The van der Waals surface area contributed by atoms with E-state index in [2.05, 4.69) is 15.6 Å². The van der Waals surface area contributed by atoms with Gasteiger partial charge in [-0.3, -0.25) is 9.59 Å². The third-order valence-corrected chi connectivity index (χ3v) is 6.12. The fraction of sp³-hybridized carbons (Fsp3) is 0.192. The molecule has 0 atom stereocenters. The van der Waals surface area contributed by atoms with Crippen LogP contribution in [0.15, 0.2) is 70.3 Å². The molecule has 1 aromatic heterocycles. The first-order chi connectivity index (χ1) is 15.9. The Labute approximate surface area is 196 Å². The van der Waals surface area contributed by atoms with Crippen LogP contribution in [0.1, 0.15) is 32.6 Å². The van der Waals surface area contributed by atoms with E-state index in [-0.39, 0.29) is 18.4 Å². The molecule has 0 radical (unpaired) electrons. The summed E-state index contributed by atoms with van der Waals surface area (Å²) in [6.07, 6.45) is 0. The smallest absolute Gasteiger partial charge is 0.257 e. The lowest BCUT2D eigenvalue weighted by atomic mass is 10.1. The molecule has 4 aromatic rings. The number of amides is 2. The maximum atomic E-state index is 12.8. The minimum atomic E-state index is -0.295. The number of nitrogens with one attached hydrogen (secondary N) is 2. The number of hydrogen-bond donors (Lipinski definition) is 2. The number of aromatic nitrogens is 1. The number of rotatable bonds is 7. The molecule has 2 amide bonds. The Morgan fingerprint density at radius 2 is 1.67 bits per heavy atom. The third kappa shape index (κ3) is 5.43. The second-order valence-electron chi connectivity index (χ2n) is 7.90. The maximum absolute atomic E-state index is 12.8. The lowest BCUT2D eigenvalue weighted by Gasteiger charge is -2.14. The summed E-state index contributed by atoms with van der Waals surface area (Å²) in [4.78, 5) is 29.7. The summed E-state index contributed by atoms with van der Waals surface area (Å²) in [6, 6.07) is 19.0. The molecule has 3 aromatic carbocycles. The summed E-state index contributed by atoms with van der Waals surface area (Å²) in [5.74, 6) is -0.0438. The number of carbonyl (C=O) groups excluding carboxylic acids is 2. The van der Waals surface area contributed by atoms with Crippen molar-refractivity contribution in [3.8, 4) is 0 Å². The average Bonchev–Trinajstić information content (AvgIpc) is 3.21. The molecule has 0 saturated heterocycles. The normalized spacial score (nSPS) is 10.9. The van der Waals surface area contributed by atoms with E-state index in [1.54, 1.807) is 6.07 Å². The Kier molecular flexibility index (Phi) is 6.79. The highest BCUT2D eigenvalue weighted by molar-refractivity contribution is 7.98. The van der Waals surface area contributed by atoms with Crippen LogP contribution >= 0.6 is 11.8 Å². The van der Waals surface area contributed by atoms with E-state index in [1.807, 2.05) is 75.4 Å². The summed E-state index contributed by atoms with van der Waals surface area (Å²) in [5.41, 5.74) is 6.82. The summed E-state index contributed by atoms with van der Waals surface area (Å²) < 4.78 is 5.75. The lowest BCUT2D eigenvalue weighted by Crippen LogP contribution is -2.33. The monoisotopic (exact) mass is 459 g/mol. The van der Waals surface area contributed by atoms with Crippen LogP contribution in [0, 0.1) is 20.8 Å². The molecule has 4 rings (SSSR count). The van der Waals surface area contributed by atoms with Crippen LogP contribution in [-0.4, -0.2) is 23.3 Å². The van der Waals surface area contributed by atoms with Crippen molar-refractivity contribution in [3.63, 3.8) is 0 Å². The van der Waals surface area contributed by atoms with Crippen LogP contribution < -0.4 is 10.6 Å². The molecular formula is C26H25N3O3S. The van der Waals surface area contributed by atoms with Crippen molar-refractivity contribution in [2.75, 3.05) is 11.9 Å². The molecule has 0 fully saturated rings. The van der Waals surface area contributed by atoms with E-state index in [4.69, 9.17) is 4.42 Å². The van der Waals surface area contributed by atoms with Gasteiger partial charge in [0.05, 0.1) is 6.54 Å². The lowest BCUT2D eigenvalue weighted by molar-refractivity contribution is -0.115. The molecule has 7 heteroatoms. The molecule has 0 bridgehead atoms. The predicted molar refractivity (Wildman–Crippen MR) is 132 cm³/mol. The summed E-state index contributed by atoms with van der Waals surface area (Å²) >= 11 is 1.42. The zero-order valence-corrected chi connectivity index (χ0v) is 19.6. The van der Waals surface area contributed by atoms with E-state index in [0.29, 0.717) is 16.5 Å². The number of thioether (sulfide) groups is 1. The first-order valence-electron chi connectivity index (χ1n) is 10.6. The van der Waals surface area contributed by atoms with Gasteiger partial charge in [-0.15, -0.1) is 0 Å². The average molecular weight is 460 g/mol. The highest BCUT2D eigenvalue weighted by atomic mass is 32.2. The van der Waals surface area contributed by atoms with Gasteiger partial charge < -0.3 is 15.1 Å². The highest BCUT2D eigenvalue weighted by Gasteiger charge is 2.15. The largest absolute Gasteiger partial charge is 0.431 e. The molecule has 0 aliphatic rings. The number of benzene rings is 3. The van der Waals surface area contributed by atoms with E-state index in [0.717, 1.165) is 39.0 Å². The van der Waals surface area contributed by atoms with Gasteiger partial charge in [-0.2, -0.15) is 0 Å². The third-order valence-electron chi connectivity index (χ3n) is 5.24. The van der Waals surface area contributed by atoms with Gasteiger partial charge in [0.2, 0.25) is 5.91 Å². The SMILES string of the molecule is Cc1cc(C)c(NC(=O)CNC(=O)c2ccccc2CSc2nc3ccccc3o2)c(C)c1. The first-order valence-corrected chi connectivity index (χ1v) is 11.6. The van der Waals surface area contributed by atoms with Crippen LogP contribution in [0.25, 0.3) is 11.1 Å². The van der Waals surface area contributed by atoms with Crippen LogP contribution in [0.3, 0.4) is 0 Å². The number of fused-ring (bicyclic) bond motifs is 1. The van der Waals surface area contributed by atoms with E-state index >= 15 is 0 Å². The molecule has 0 spiro atoms. The van der Waals surface area contributed by atoms with Crippen LogP contribution in [0.2, 0.25) is 0 Å². The molecule has 0 saturated carbocycles. The van der Waals surface area contributed by atoms with Gasteiger partial charge in [0, 0.05) is 17.0 Å². The Bertz CT molecular complexity index is 1270. The van der Waals surface area contributed by atoms with Crippen molar-refractivity contribution in [2.24, 2.45) is 0 Å². The zero-order valence-electron chi connectivity index (χ0n) is 18.8. The predicted octanol–water partition coefficient (Wildman–Crippen LogP) is 5.41. The second-order valence-corrected chi connectivity index (χ2v) is 8.82. The molecule has 168 valence electrons. The summed E-state index contributed by atoms with van der Waals surface area (Å²) in [6.45, 7) is 5.82. The fourth-order valence-corrected chi connectivity index (χ4v) is 4.58. The van der Waals surface area contributed by atoms with Gasteiger partial charge in [0.25, 0.3) is 11.1 Å². The Balaban J connectivity index is 1.38. The number of oxazole rings is 1. The molecule has 2 N–H and O–H groups in total. The number of carbonyl (C=O) groups is 2. The molecule has 1 heterocycles. The van der Waals surface area contributed by atoms with Gasteiger partial charge in [0.1, 0.15) is 5.52 Å². The molecule has 0 aliphatic carbocycles. The number of hydrogen-bond acceptors (Lipinski definition) is 5. The molecule has 0 unspecified atom stereocenters. The molecule has 0 aliphatic heterocycles. The Morgan fingerprint density at radius 1 is 0.970 bits per heavy atom. The number of nitrogens with zero attached hydrogens (tertiary/aromatic N) is 1. The Morgan fingerprint density at radius 3 is 2.42 bits per heavy atom.